The summed E-state index contributed by atoms with van der Waals surface area (Å²) < 4.78 is 0. The van der Waals surface area contributed by atoms with Gasteiger partial charge in [-0.3, -0.25) is 4.79 Å². The molecule has 0 saturated carbocycles. The number of likely N-dealkylation sites (tertiary alicyclic amines) is 2. The van der Waals surface area contributed by atoms with Crippen molar-refractivity contribution in [2.45, 2.75) is 52.9 Å². The largest absolute Gasteiger partial charge is 0.343 e. The lowest BCUT2D eigenvalue weighted by molar-refractivity contribution is -0.130. The molecule has 0 radical (unpaired) electrons. The number of carbonyl (C=O) groups excluding carboxylic acids is 1. The van der Waals surface area contributed by atoms with Gasteiger partial charge in [0.2, 0.25) is 5.91 Å². The normalized spacial score (nSPS) is 23.5. The van der Waals surface area contributed by atoms with Gasteiger partial charge in [-0.25, -0.2) is 0 Å². The van der Waals surface area contributed by atoms with Crippen LogP contribution in [0.4, 0.5) is 0 Å². The molecule has 0 aliphatic carbocycles. The lowest BCUT2D eigenvalue weighted by Gasteiger charge is -2.37. The molecule has 116 valence electrons. The summed E-state index contributed by atoms with van der Waals surface area (Å²) in [5, 5.41) is 0. The van der Waals surface area contributed by atoms with Crippen LogP contribution in [0.1, 0.15) is 52.9 Å². The van der Waals surface area contributed by atoms with Crippen LogP contribution in [0, 0.1) is 17.8 Å². The van der Waals surface area contributed by atoms with E-state index >= 15 is 0 Å². The fraction of sp³-hybridized carbons (Fsp3) is 0.941. The van der Waals surface area contributed by atoms with Gasteiger partial charge < -0.3 is 9.80 Å². The van der Waals surface area contributed by atoms with Crippen molar-refractivity contribution in [3.63, 3.8) is 0 Å². The molecule has 0 aromatic carbocycles. The third-order valence-electron chi connectivity index (χ3n) is 5.09. The van der Waals surface area contributed by atoms with E-state index in [1.165, 1.54) is 51.7 Å². The molecule has 2 aliphatic heterocycles. The molecular weight excluding hydrogens is 248 g/mol. The zero-order valence-corrected chi connectivity index (χ0v) is 13.6. The monoisotopic (exact) mass is 280 g/mol. The highest BCUT2D eigenvalue weighted by molar-refractivity contribution is 5.73. The first-order valence-corrected chi connectivity index (χ1v) is 8.52. The van der Waals surface area contributed by atoms with E-state index < -0.39 is 0 Å². The number of hydrogen-bond donors (Lipinski definition) is 0. The molecule has 2 aliphatic rings. The summed E-state index contributed by atoms with van der Waals surface area (Å²) in [5.74, 6) is 2.87. The predicted molar refractivity (Wildman–Crippen MR) is 83.6 cm³/mol. The van der Waals surface area contributed by atoms with Crippen molar-refractivity contribution >= 4 is 5.91 Å². The van der Waals surface area contributed by atoms with Crippen molar-refractivity contribution in [3.05, 3.63) is 0 Å². The fourth-order valence-corrected chi connectivity index (χ4v) is 3.87. The lowest BCUT2D eigenvalue weighted by atomic mass is 9.87. The van der Waals surface area contributed by atoms with Crippen molar-refractivity contribution in [1.29, 1.82) is 0 Å². The van der Waals surface area contributed by atoms with Gasteiger partial charge in [0.05, 0.1) is 0 Å². The Kier molecular flexibility index (Phi) is 5.88. The molecule has 3 heteroatoms. The smallest absolute Gasteiger partial charge is 0.219 e. The van der Waals surface area contributed by atoms with E-state index in [9.17, 15) is 4.79 Å². The first kappa shape index (κ1) is 15.8. The number of carbonyl (C=O) groups is 1. The second-order valence-electron chi connectivity index (χ2n) is 7.32. The van der Waals surface area contributed by atoms with Crippen LogP contribution < -0.4 is 0 Å². The molecule has 0 atom stereocenters. The van der Waals surface area contributed by atoms with Crippen molar-refractivity contribution in [1.82, 2.24) is 9.80 Å². The highest BCUT2D eigenvalue weighted by atomic mass is 16.2. The lowest BCUT2D eigenvalue weighted by Crippen LogP contribution is -2.42. The Morgan fingerprint density at radius 1 is 1.00 bits per heavy atom. The minimum Gasteiger partial charge on any atom is -0.343 e. The Labute approximate surface area is 124 Å². The first-order valence-electron chi connectivity index (χ1n) is 8.52. The van der Waals surface area contributed by atoms with Crippen molar-refractivity contribution in [3.8, 4) is 0 Å². The van der Waals surface area contributed by atoms with E-state index in [0.29, 0.717) is 0 Å². The van der Waals surface area contributed by atoms with Crippen molar-refractivity contribution < 1.29 is 4.79 Å². The predicted octanol–water partition coefficient (Wildman–Crippen LogP) is 3.00. The number of amides is 1. The van der Waals surface area contributed by atoms with E-state index in [0.717, 1.165) is 30.8 Å². The molecule has 2 rings (SSSR count). The molecule has 0 spiro atoms. The summed E-state index contributed by atoms with van der Waals surface area (Å²) in [6.07, 6.45) is 6.59. The minimum absolute atomic E-state index is 0.248. The van der Waals surface area contributed by atoms with Crippen LogP contribution in [0.5, 0.6) is 0 Å². The van der Waals surface area contributed by atoms with E-state index in [-0.39, 0.29) is 5.91 Å². The SMILES string of the molecule is CC(=O)N1CCC(CN2CCC(CC(C)C)CC2)CC1. The van der Waals surface area contributed by atoms with Crippen LogP contribution in [-0.2, 0) is 4.79 Å². The number of piperidine rings is 2. The Morgan fingerprint density at radius 2 is 1.55 bits per heavy atom. The van der Waals surface area contributed by atoms with Gasteiger partial charge in [-0.1, -0.05) is 13.8 Å². The van der Waals surface area contributed by atoms with E-state index in [4.69, 9.17) is 0 Å². The zero-order valence-electron chi connectivity index (χ0n) is 13.6. The molecule has 2 fully saturated rings. The van der Waals surface area contributed by atoms with E-state index in [2.05, 4.69) is 18.7 Å². The first-order chi connectivity index (χ1) is 9.54. The average Bonchev–Trinajstić information content (AvgIpc) is 2.41. The number of rotatable bonds is 4. The zero-order chi connectivity index (χ0) is 14.5. The molecule has 0 N–H and O–H groups in total. The third kappa shape index (κ3) is 4.76. The Morgan fingerprint density at radius 3 is 2.05 bits per heavy atom. The van der Waals surface area contributed by atoms with Crippen LogP contribution in [-0.4, -0.2) is 48.4 Å². The maximum absolute atomic E-state index is 11.3. The molecule has 1 amide bonds. The average molecular weight is 280 g/mol. The maximum atomic E-state index is 11.3. The van der Waals surface area contributed by atoms with Crippen LogP contribution in [0.25, 0.3) is 0 Å². The fourth-order valence-electron chi connectivity index (χ4n) is 3.87. The standard InChI is InChI=1S/C17H32N2O/c1-14(2)12-16-4-8-18(9-5-16)13-17-6-10-19(11-7-17)15(3)20/h14,16-17H,4-13H2,1-3H3. The molecule has 0 aromatic rings. The van der Waals surface area contributed by atoms with Crippen LogP contribution in [0.2, 0.25) is 0 Å². The Bertz CT molecular complexity index is 300. The highest BCUT2D eigenvalue weighted by Crippen LogP contribution is 2.26. The number of hydrogen-bond acceptors (Lipinski definition) is 2. The molecule has 0 bridgehead atoms. The summed E-state index contributed by atoms with van der Waals surface area (Å²) in [4.78, 5) is 16.0. The van der Waals surface area contributed by atoms with Crippen LogP contribution >= 0.6 is 0 Å². The molecule has 0 unspecified atom stereocenters. The summed E-state index contributed by atoms with van der Waals surface area (Å²) >= 11 is 0. The van der Waals surface area contributed by atoms with Crippen molar-refractivity contribution in [2.24, 2.45) is 17.8 Å². The van der Waals surface area contributed by atoms with Crippen LogP contribution in [0.15, 0.2) is 0 Å². The molecular formula is C17H32N2O. The van der Waals surface area contributed by atoms with Gasteiger partial charge in [0.25, 0.3) is 0 Å². The Hall–Kier alpha value is -0.570. The maximum Gasteiger partial charge on any atom is 0.219 e. The van der Waals surface area contributed by atoms with Crippen LogP contribution in [0.3, 0.4) is 0 Å². The van der Waals surface area contributed by atoms with Gasteiger partial charge in [-0.2, -0.15) is 0 Å². The quantitative estimate of drug-likeness (QED) is 0.790. The molecule has 2 heterocycles. The van der Waals surface area contributed by atoms with E-state index in [1.807, 2.05) is 4.90 Å². The van der Waals surface area contributed by atoms with Gasteiger partial charge in [0, 0.05) is 26.6 Å². The number of nitrogens with zero attached hydrogens (tertiary/aromatic N) is 2. The second kappa shape index (κ2) is 7.44. The highest BCUT2D eigenvalue weighted by Gasteiger charge is 2.25. The summed E-state index contributed by atoms with van der Waals surface area (Å²) in [6, 6.07) is 0. The summed E-state index contributed by atoms with van der Waals surface area (Å²) in [6.45, 7) is 12.2. The van der Waals surface area contributed by atoms with E-state index in [1.54, 1.807) is 6.92 Å². The van der Waals surface area contributed by atoms with Gasteiger partial charge in [0.1, 0.15) is 0 Å². The van der Waals surface area contributed by atoms with Gasteiger partial charge >= 0.3 is 0 Å². The topological polar surface area (TPSA) is 23.6 Å². The summed E-state index contributed by atoms with van der Waals surface area (Å²) in [5.41, 5.74) is 0. The van der Waals surface area contributed by atoms with Gasteiger partial charge in [-0.15, -0.1) is 0 Å². The molecule has 0 aromatic heterocycles. The van der Waals surface area contributed by atoms with Gasteiger partial charge in [-0.05, 0) is 62.9 Å². The van der Waals surface area contributed by atoms with Crippen molar-refractivity contribution in [2.75, 3.05) is 32.7 Å². The second-order valence-corrected chi connectivity index (χ2v) is 7.32. The molecule has 3 nitrogen and oxygen atoms in total. The summed E-state index contributed by atoms with van der Waals surface area (Å²) in [7, 11) is 0. The minimum atomic E-state index is 0.248. The third-order valence-corrected chi connectivity index (χ3v) is 5.09. The Balaban J connectivity index is 1.65. The molecule has 2 saturated heterocycles. The molecule has 20 heavy (non-hydrogen) atoms. The van der Waals surface area contributed by atoms with Gasteiger partial charge in [0.15, 0.2) is 0 Å².